The van der Waals surface area contributed by atoms with Gasteiger partial charge in [0.05, 0.1) is 8.16 Å². The third-order valence-electron chi connectivity index (χ3n) is 0.983. The van der Waals surface area contributed by atoms with Crippen LogP contribution in [0.4, 0.5) is 0 Å². The van der Waals surface area contributed by atoms with E-state index in [4.69, 9.17) is 0 Å². The molecule has 48 valence electrons. The average molecular weight is 148 g/mol. The molecule has 1 rings (SSSR count). The molecule has 0 amide bonds. The van der Waals surface area contributed by atoms with Crippen LogP contribution in [0.2, 0.25) is 0 Å². The third-order valence-corrected chi connectivity index (χ3v) is 3.95. The highest BCUT2D eigenvalue weighted by atomic mass is 32.3. The van der Waals surface area contributed by atoms with Crippen molar-refractivity contribution in [2.45, 2.75) is 35.9 Å². The van der Waals surface area contributed by atoms with Gasteiger partial charge in [0.15, 0.2) is 0 Å². The minimum atomic E-state index is 0.490. The fraction of sp³-hybridized carbons (Fsp3) is 1.00. The van der Waals surface area contributed by atoms with Gasteiger partial charge in [-0.2, -0.15) is 0 Å². The van der Waals surface area contributed by atoms with Crippen LogP contribution in [-0.4, -0.2) is 8.16 Å². The van der Waals surface area contributed by atoms with Gasteiger partial charge in [-0.15, -0.1) is 23.5 Å². The molecule has 0 N–H and O–H groups in total. The predicted molar refractivity (Wildman–Crippen MR) is 43.3 cm³/mol. The van der Waals surface area contributed by atoms with Crippen molar-refractivity contribution in [1.82, 2.24) is 0 Å². The van der Waals surface area contributed by atoms with Gasteiger partial charge in [-0.25, -0.2) is 0 Å². The molecule has 0 spiro atoms. The molecular formula is C6H12S2. The molecule has 1 aliphatic rings. The van der Waals surface area contributed by atoms with Crippen LogP contribution >= 0.6 is 23.5 Å². The topological polar surface area (TPSA) is 0 Å². The smallest absolute Gasteiger partial charge is 0.0582 e. The van der Waals surface area contributed by atoms with Gasteiger partial charge in [0.2, 0.25) is 0 Å². The van der Waals surface area contributed by atoms with Crippen LogP contribution in [0, 0.1) is 0 Å². The zero-order valence-corrected chi connectivity index (χ0v) is 7.45. The summed E-state index contributed by atoms with van der Waals surface area (Å²) >= 11 is 4.10. The van der Waals surface area contributed by atoms with Crippen molar-refractivity contribution >= 4 is 23.5 Å². The normalized spacial score (nSPS) is 31.5. The molecule has 0 radical (unpaired) electrons. The molecular weight excluding hydrogens is 136 g/mol. The second-order valence-electron chi connectivity index (χ2n) is 3.00. The van der Waals surface area contributed by atoms with Gasteiger partial charge in [-0.05, 0) is 27.7 Å². The lowest BCUT2D eigenvalue weighted by atomic mass is 10.5. The van der Waals surface area contributed by atoms with Crippen molar-refractivity contribution in [3.05, 3.63) is 0 Å². The second kappa shape index (κ2) is 1.60. The molecule has 0 aliphatic carbocycles. The van der Waals surface area contributed by atoms with E-state index < -0.39 is 0 Å². The molecule has 0 unspecified atom stereocenters. The predicted octanol–water partition coefficient (Wildman–Crippen LogP) is 2.94. The Bertz CT molecular complexity index is 83.1. The summed E-state index contributed by atoms with van der Waals surface area (Å²) in [6, 6.07) is 0. The fourth-order valence-electron chi connectivity index (χ4n) is 1.19. The van der Waals surface area contributed by atoms with Crippen LogP contribution in [0.3, 0.4) is 0 Å². The Morgan fingerprint density at radius 2 is 1.00 bits per heavy atom. The highest BCUT2D eigenvalue weighted by molar-refractivity contribution is 8.35. The third kappa shape index (κ3) is 1.35. The van der Waals surface area contributed by atoms with Crippen molar-refractivity contribution in [3.63, 3.8) is 0 Å². The molecule has 0 aromatic carbocycles. The number of hydrogen-bond acceptors (Lipinski definition) is 2. The summed E-state index contributed by atoms with van der Waals surface area (Å²) < 4.78 is 0.979. The number of rotatable bonds is 0. The van der Waals surface area contributed by atoms with E-state index in [1.807, 2.05) is 0 Å². The molecule has 2 heteroatoms. The number of hydrogen-bond donors (Lipinski definition) is 0. The van der Waals surface area contributed by atoms with Crippen LogP contribution in [0.1, 0.15) is 27.7 Å². The quantitative estimate of drug-likeness (QED) is 0.518. The van der Waals surface area contributed by atoms with Crippen molar-refractivity contribution in [3.8, 4) is 0 Å². The van der Waals surface area contributed by atoms with Crippen LogP contribution in [0.15, 0.2) is 0 Å². The Hall–Kier alpha value is 0.700. The molecule has 0 aromatic heterocycles. The Balaban J connectivity index is 2.42. The standard InChI is InChI=1S/C6H12S2/c1-5(2)7-6(3,4)8-5/h1-4H3. The summed E-state index contributed by atoms with van der Waals surface area (Å²) in [5.41, 5.74) is 0. The molecule has 0 bridgehead atoms. The lowest BCUT2D eigenvalue weighted by Crippen LogP contribution is -2.34. The van der Waals surface area contributed by atoms with E-state index in [1.54, 1.807) is 0 Å². The van der Waals surface area contributed by atoms with Crippen molar-refractivity contribution < 1.29 is 0 Å². The van der Waals surface area contributed by atoms with E-state index in [9.17, 15) is 0 Å². The van der Waals surface area contributed by atoms with Gasteiger partial charge in [-0.1, -0.05) is 0 Å². The maximum absolute atomic E-state index is 2.27. The highest BCUT2D eigenvalue weighted by Crippen LogP contribution is 2.63. The fourth-order valence-corrected chi connectivity index (χ4v) is 5.82. The summed E-state index contributed by atoms with van der Waals surface area (Å²) in [7, 11) is 0. The lowest BCUT2D eigenvalue weighted by molar-refractivity contribution is 0.894. The van der Waals surface area contributed by atoms with E-state index >= 15 is 0 Å². The van der Waals surface area contributed by atoms with E-state index in [0.717, 1.165) is 0 Å². The highest BCUT2D eigenvalue weighted by Gasteiger charge is 2.43. The zero-order valence-electron chi connectivity index (χ0n) is 5.82. The molecule has 0 nitrogen and oxygen atoms in total. The van der Waals surface area contributed by atoms with Crippen LogP contribution in [0.25, 0.3) is 0 Å². The maximum atomic E-state index is 2.27. The molecule has 0 atom stereocenters. The summed E-state index contributed by atoms with van der Waals surface area (Å²) in [6.45, 7) is 9.09. The van der Waals surface area contributed by atoms with E-state index in [1.165, 1.54) is 0 Å². The lowest BCUT2D eigenvalue weighted by Gasteiger charge is -2.47. The molecule has 0 aromatic rings. The maximum Gasteiger partial charge on any atom is 0.0582 e. The first kappa shape index (κ1) is 6.81. The molecule has 0 saturated carbocycles. The summed E-state index contributed by atoms with van der Waals surface area (Å²) in [4.78, 5) is 0. The van der Waals surface area contributed by atoms with Gasteiger partial charge < -0.3 is 0 Å². The molecule has 1 saturated heterocycles. The van der Waals surface area contributed by atoms with Crippen LogP contribution < -0.4 is 0 Å². The van der Waals surface area contributed by atoms with Crippen molar-refractivity contribution in [2.75, 3.05) is 0 Å². The largest absolute Gasteiger partial charge is 0.128 e. The molecule has 8 heavy (non-hydrogen) atoms. The molecule has 1 aliphatic heterocycles. The Morgan fingerprint density at radius 3 is 1.00 bits per heavy atom. The monoisotopic (exact) mass is 148 g/mol. The Labute approximate surface area is 59.8 Å². The molecule has 1 heterocycles. The Kier molecular flexibility index (Phi) is 1.36. The van der Waals surface area contributed by atoms with E-state index in [2.05, 4.69) is 51.2 Å². The average Bonchev–Trinajstić information content (AvgIpc) is 1.20. The minimum Gasteiger partial charge on any atom is -0.128 e. The van der Waals surface area contributed by atoms with Crippen molar-refractivity contribution in [1.29, 1.82) is 0 Å². The van der Waals surface area contributed by atoms with E-state index in [0.29, 0.717) is 8.16 Å². The SMILES string of the molecule is CC1(C)SC(C)(C)S1. The minimum absolute atomic E-state index is 0.490. The van der Waals surface area contributed by atoms with Gasteiger partial charge in [0.25, 0.3) is 0 Å². The molecule has 1 fully saturated rings. The second-order valence-corrected chi connectivity index (χ2v) is 8.01. The van der Waals surface area contributed by atoms with E-state index in [-0.39, 0.29) is 0 Å². The summed E-state index contributed by atoms with van der Waals surface area (Å²) in [6.07, 6.45) is 0. The van der Waals surface area contributed by atoms with Crippen LogP contribution in [0.5, 0.6) is 0 Å². The van der Waals surface area contributed by atoms with Gasteiger partial charge in [0.1, 0.15) is 0 Å². The van der Waals surface area contributed by atoms with Gasteiger partial charge in [0, 0.05) is 0 Å². The number of thioether (sulfide) groups is 2. The first-order valence-electron chi connectivity index (χ1n) is 2.82. The van der Waals surface area contributed by atoms with Crippen molar-refractivity contribution in [2.24, 2.45) is 0 Å². The Morgan fingerprint density at radius 1 is 0.750 bits per heavy atom. The summed E-state index contributed by atoms with van der Waals surface area (Å²) in [5.74, 6) is 0. The van der Waals surface area contributed by atoms with Gasteiger partial charge in [-0.3, -0.25) is 0 Å². The zero-order chi connectivity index (χ0) is 6.41. The van der Waals surface area contributed by atoms with Crippen LogP contribution in [-0.2, 0) is 0 Å². The first-order valence-corrected chi connectivity index (χ1v) is 4.45. The van der Waals surface area contributed by atoms with Gasteiger partial charge >= 0.3 is 0 Å². The summed E-state index contributed by atoms with van der Waals surface area (Å²) in [5, 5.41) is 0. The first-order chi connectivity index (χ1) is 3.41.